The Balaban J connectivity index is 1.33. The molecule has 11 heteroatoms. The monoisotopic (exact) mass is 536 g/mol. The molecule has 2 aromatic heterocycles. The number of thioether (sulfide) groups is 1. The fraction of sp³-hybridized carbons (Fsp3) is 0.308. The molecule has 9 nitrogen and oxygen atoms in total. The lowest BCUT2D eigenvalue weighted by molar-refractivity contribution is -0.122. The molecule has 0 bridgehead atoms. The lowest BCUT2D eigenvalue weighted by Crippen LogP contribution is -2.27. The molecular weight excluding hydrogens is 512 g/mol. The first-order valence-corrected chi connectivity index (χ1v) is 13.2. The lowest BCUT2D eigenvalue weighted by atomic mass is 10.2. The quantitative estimate of drug-likeness (QED) is 0.374. The van der Waals surface area contributed by atoms with Crippen molar-refractivity contribution in [2.24, 2.45) is 0 Å². The second kappa shape index (κ2) is 9.81. The second-order valence-electron chi connectivity index (χ2n) is 9.04. The number of hydrogen-bond donors (Lipinski definition) is 1. The first-order valence-electron chi connectivity index (χ1n) is 12.0. The molecule has 2 fully saturated rings. The number of ether oxygens (including phenoxy) is 3. The Kier molecular flexibility index (Phi) is 6.35. The van der Waals surface area contributed by atoms with Gasteiger partial charge in [0.25, 0.3) is 11.5 Å². The Labute approximate surface area is 222 Å². The number of aryl methyl sites for hydroxylation is 1. The SMILES string of the molecule is Cc1cccn2c(=O)c(/C=C3/SC(=S)N(Cc4ccc5c(c4)OCO5)C3=O)c(NCC3CCCO3)nc12. The van der Waals surface area contributed by atoms with E-state index in [0.29, 0.717) is 44.3 Å². The number of thiocarbonyl (C=S) groups is 1. The summed E-state index contributed by atoms with van der Waals surface area (Å²) in [6.45, 7) is 3.64. The van der Waals surface area contributed by atoms with E-state index in [9.17, 15) is 9.59 Å². The number of pyridine rings is 1. The number of anilines is 1. The van der Waals surface area contributed by atoms with Crippen LogP contribution in [-0.4, -0.2) is 50.6 Å². The van der Waals surface area contributed by atoms with E-state index in [1.165, 1.54) is 21.1 Å². The van der Waals surface area contributed by atoms with Crippen LogP contribution < -0.4 is 20.3 Å². The smallest absolute Gasteiger partial charge is 0.267 e. The average molecular weight is 537 g/mol. The maximum absolute atomic E-state index is 13.6. The molecule has 190 valence electrons. The highest BCUT2D eigenvalue weighted by Gasteiger charge is 2.33. The first kappa shape index (κ1) is 24.0. The van der Waals surface area contributed by atoms with Gasteiger partial charge in [-0.15, -0.1) is 0 Å². The third kappa shape index (κ3) is 4.58. The van der Waals surface area contributed by atoms with Crippen LogP contribution in [0.5, 0.6) is 11.5 Å². The summed E-state index contributed by atoms with van der Waals surface area (Å²) in [5, 5.41) is 3.30. The fourth-order valence-electron chi connectivity index (χ4n) is 4.58. The summed E-state index contributed by atoms with van der Waals surface area (Å²) in [5.74, 6) is 1.49. The van der Waals surface area contributed by atoms with Gasteiger partial charge in [-0.2, -0.15) is 0 Å². The predicted molar refractivity (Wildman–Crippen MR) is 145 cm³/mol. The minimum atomic E-state index is -0.260. The standard InChI is InChI=1S/C26H24N4O5S2/c1-15-4-2-8-29-23(15)28-22(27-12-17-5-3-9-33-17)18(24(29)31)11-21-25(32)30(26(36)37-21)13-16-6-7-19-20(10-16)35-14-34-19/h2,4,6-8,10-11,17,27H,3,5,9,12-14H2,1H3/b21-11+. The number of rotatable bonds is 6. The Morgan fingerprint density at radius 1 is 1.24 bits per heavy atom. The fourth-order valence-corrected chi connectivity index (χ4v) is 5.82. The molecule has 0 saturated carbocycles. The van der Waals surface area contributed by atoms with Gasteiger partial charge in [-0.1, -0.05) is 36.1 Å². The molecular formula is C26H24N4O5S2. The van der Waals surface area contributed by atoms with Crippen molar-refractivity contribution in [1.82, 2.24) is 14.3 Å². The summed E-state index contributed by atoms with van der Waals surface area (Å²) in [6.07, 6.45) is 5.31. The van der Waals surface area contributed by atoms with Gasteiger partial charge in [0.15, 0.2) is 11.5 Å². The van der Waals surface area contributed by atoms with Crippen molar-refractivity contribution >= 4 is 51.7 Å². The molecule has 0 spiro atoms. The topological polar surface area (TPSA) is 94.4 Å². The third-order valence-corrected chi connectivity index (χ3v) is 7.91. The van der Waals surface area contributed by atoms with Crippen LogP contribution in [-0.2, 0) is 16.1 Å². The highest BCUT2D eigenvalue weighted by molar-refractivity contribution is 8.26. The summed E-state index contributed by atoms with van der Waals surface area (Å²) in [6, 6.07) is 9.26. The van der Waals surface area contributed by atoms with E-state index in [2.05, 4.69) is 5.32 Å². The minimum absolute atomic E-state index is 0.0601. The largest absolute Gasteiger partial charge is 0.454 e. The molecule has 2 saturated heterocycles. The number of carbonyl (C=O) groups excluding carboxylic acids is 1. The number of amides is 1. The van der Waals surface area contributed by atoms with E-state index in [-0.39, 0.29) is 30.9 Å². The highest BCUT2D eigenvalue weighted by Crippen LogP contribution is 2.36. The molecule has 1 unspecified atom stereocenters. The molecule has 0 radical (unpaired) electrons. The summed E-state index contributed by atoms with van der Waals surface area (Å²) >= 11 is 6.71. The minimum Gasteiger partial charge on any atom is -0.454 e. The number of nitrogens with zero attached hydrogens (tertiary/aromatic N) is 3. The van der Waals surface area contributed by atoms with Crippen LogP contribution in [0.25, 0.3) is 11.7 Å². The van der Waals surface area contributed by atoms with Gasteiger partial charge in [0, 0.05) is 19.3 Å². The number of nitrogens with one attached hydrogen (secondary N) is 1. The number of benzene rings is 1. The van der Waals surface area contributed by atoms with Crippen molar-refractivity contribution in [2.75, 3.05) is 25.3 Å². The zero-order valence-electron chi connectivity index (χ0n) is 20.1. The molecule has 0 aliphatic carbocycles. The van der Waals surface area contributed by atoms with Crippen molar-refractivity contribution < 1.29 is 19.0 Å². The Bertz CT molecular complexity index is 1510. The number of hydrogen-bond acceptors (Lipinski definition) is 9. The third-order valence-electron chi connectivity index (χ3n) is 6.53. The van der Waals surface area contributed by atoms with Gasteiger partial charge in [-0.25, -0.2) is 4.98 Å². The predicted octanol–water partition coefficient (Wildman–Crippen LogP) is 3.72. The van der Waals surface area contributed by atoms with E-state index in [0.717, 1.165) is 30.6 Å². The Hall–Kier alpha value is -3.41. The molecule has 6 rings (SSSR count). The van der Waals surface area contributed by atoms with Crippen LogP contribution in [0, 0.1) is 6.92 Å². The van der Waals surface area contributed by atoms with Crippen molar-refractivity contribution in [3.63, 3.8) is 0 Å². The molecule has 1 aromatic carbocycles. The van der Waals surface area contributed by atoms with Crippen LogP contribution in [0.3, 0.4) is 0 Å². The molecule has 1 N–H and O–H groups in total. The van der Waals surface area contributed by atoms with E-state index < -0.39 is 0 Å². The molecule has 3 aliphatic rings. The molecule has 1 atom stereocenters. The summed E-state index contributed by atoms with van der Waals surface area (Å²) in [7, 11) is 0. The normalized spacial score (nSPS) is 20.0. The highest BCUT2D eigenvalue weighted by atomic mass is 32.2. The summed E-state index contributed by atoms with van der Waals surface area (Å²) < 4.78 is 18.5. The number of carbonyl (C=O) groups is 1. The summed E-state index contributed by atoms with van der Waals surface area (Å²) in [4.78, 5) is 33.6. The van der Waals surface area contributed by atoms with Gasteiger partial charge in [0.1, 0.15) is 15.8 Å². The van der Waals surface area contributed by atoms with Crippen LogP contribution in [0.2, 0.25) is 0 Å². The van der Waals surface area contributed by atoms with Crippen LogP contribution in [0.1, 0.15) is 29.5 Å². The van der Waals surface area contributed by atoms with E-state index in [1.54, 1.807) is 18.3 Å². The van der Waals surface area contributed by atoms with Gasteiger partial charge in [-0.05, 0) is 55.2 Å². The number of aromatic nitrogens is 2. The lowest BCUT2D eigenvalue weighted by Gasteiger charge is -2.15. The Morgan fingerprint density at radius 3 is 2.95 bits per heavy atom. The van der Waals surface area contributed by atoms with Gasteiger partial charge >= 0.3 is 0 Å². The van der Waals surface area contributed by atoms with E-state index in [4.69, 9.17) is 31.4 Å². The number of fused-ring (bicyclic) bond motifs is 2. The van der Waals surface area contributed by atoms with Crippen LogP contribution in [0.4, 0.5) is 5.82 Å². The second-order valence-corrected chi connectivity index (χ2v) is 10.7. The Morgan fingerprint density at radius 2 is 2.11 bits per heavy atom. The van der Waals surface area contributed by atoms with Gasteiger partial charge in [0.05, 0.1) is 23.1 Å². The van der Waals surface area contributed by atoms with Crippen LogP contribution in [0.15, 0.2) is 46.2 Å². The van der Waals surface area contributed by atoms with Gasteiger partial charge in [-0.3, -0.25) is 18.9 Å². The average Bonchev–Trinajstić information content (AvgIpc) is 3.63. The zero-order chi connectivity index (χ0) is 25.5. The zero-order valence-corrected chi connectivity index (χ0v) is 21.7. The van der Waals surface area contributed by atoms with Gasteiger partial charge < -0.3 is 19.5 Å². The maximum Gasteiger partial charge on any atom is 0.267 e. The van der Waals surface area contributed by atoms with Crippen molar-refractivity contribution in [1.29, 1.82) is 0 Å². The maximum atomic E-state index is 13.6. The molecule has 5 heterocycles. The molecule has 37 heavy (non-hydrogen) atoms. The van der Waals surface area contributed by atoms with Crippen LogP contribution >= 0.6 is 24.0 Å². The van der Waals surface area contributed by atoms with Crippen molar-refractivity contribution in [2.45, 2.75) is 32.4 Å². The van der Waals surface area contributed by atoms with Gasteiger partial charge in [0.2, 0.25) is 6.79 Å². The van der Waals surface area contributed by atoms with Crippen molar-refractivity contribution in [3.8, 4) is 11.5 Å². The summed E-state index contributed by atoms with van der Waals surface area (Å²) in [5.41, 5.74) is 2.36. The van der Waals surface area contributed by atoms with Crippen molar-refractivity contribution in [3.05, 3.63) is 68.5 Å². The molecule has 1 amide bonds. The molecule has 3 aliphatic heterocycles. The van der Waals surface area contributed by atoms with E-state index >= 15 is 0 Å². The van der Waals surface area contributed by atoms with E-state index in [1.807, 2.05) is 31.2 Å². The molecule has 3 aromatic rings. The first-order chi connectivity index (χ1) is 18.0.